The van der Waals surface area contributed by atoms with Crippen molar-refractivity contribution in [2.45, 2.75) is 6.54 Å². The Morgan fingerprint density at radius 2 is 1.59 bits per heavy atom. The van der Waals surface area contributed by atoms with E-state index in [1.807, 2.05) is 5.43 Å². The monoisotopic (exact) mass is 377 g/mol. The molecule has 1 aromatic heterocycles. The highest BCUT2D eigenvalue weighted by Gasteiger charge is 2.20. The molecule has 0 fully saturated rings. The van der Waals surface area contributed by atoms with Crippen LogP contribution in [0.2, 0.25) is 0 Å². The quantitative estimate of drug-likeness (QED) is 0.490. The number of ether oxygens (including phenoxy) is 3. The van der Waals surface area contributed by atoms with Gasteiger partial charge >= 0.3 is 11.8 Å². The molecule has 0 atom stereocenters. The van der Waals surface area contributed by atoms with Crippen molar-refractivity contribution in [3.63, 3.8) is 0 Å². The molecule has 144 valence electrons. The van der Waals surface area contributed by atoms with E-state index in [4.69, 9.17) is 18.6 Å². The standard InChI is InChI=1S/C17H19N3O7/c1-24-12-8-14(26-3)13(25-2)7-11(12)15(21)19-20-17(23)16(22)18-9-10-5-4-6-27-10/h4-8H,9H2,1-3H3,(H,18,22)(H,19,21)(H,20,23). The van der Waals surface area contributed by atoms with E-state index >= 15 is 0 Å². The van der Waals surface area contributed by atoms with Crippen molar-refractivity contribution >= 4 is 17.7 Å². The molecule has 0 aliphatic rings. The molecule has 2 aromatic rings. The highest BCUT2D eigenvalue weighted by Crippen LogP contribution is 2.34. The minimum atomic E-state index is -1.05. The number of furan rings is 1. The predicted molar refractivity (Wildman–Crippen MR) is 92.3 cm³/mol. The first kappa shape index (κ1) is 19.6. The van der Waals surface area contributed by atoms with Crippen LogP contribution in [0, 0.1) is 0 Å². The molecule has 10 heteroatoms. The summed E-state index contributed by atoms with van der Waals surface area (Å²) in [7, 11) is 4.23. The lowest BCUT2D eigenvalue weighted by atomic mass is 10.1. The largest absolute Gasteiger partial charge is 0.496 e. The molecule has 0 saturated heterocycles. The Morgan fingerprint density at radius 1 is 0.926 bits per heavy atom. The zero-order valence-corrected chi connectivity index (χ0v) is 15.0. The third-order valence-electron chi connectivity index (χ3n) is 3.45. The minimum absolute atomic E-state index is 0.0384. The molecule has 1 aromatic carbocycles. The summed E-state index contributed by atoms with van der Waals surface area (Å²) in [5, 5.41) is 2.35. The maximum atomic E-state index is 12.3. The molecule has 3 amide bonds. The van der Waals surface area contributed by atoms with Crippen LogP contribution >= 0.6 is 0 Å². The van der Waals surface area contributed by atoms with Gasteiger partial charge in [0.15, 0.2) is 11.5 Å². The van der Waals surface area contributed by atoms with Gasteiger partial charge in [0, 0.05) is 12.1 Å². The van der Waals surface area contributed by atoms with Crippen LogP contribution in [-0.2, 0) is 16.1 Å². The van der Waals surface area contributed by atoms with Gasteiger partial charge in [0.25, 0.3) is 5.91 Å². The maximum Gasteiger partial charge on any atom is 0.327 e. The molecule has 1 heterocycles. The Morgan fingerprint density at radius 3 is 2.19 bits per heavy atom. The van der Waals surface area contributed by atoms with Crippen LogP contribution in [0.5, 0.6) is 17.2 Å². The lowest BCUT2D eigenvalue weighted by molar-refractivity contribution is -0.139. The van der Waals surface area contributed by atoms with Gasteiger partial charge in [-0.15, -0.1) is 0 Å². The second-order valence-corrected chi connectivity index (χ2v) is 5.08. The topological polar surface area (TPSA) is 128 Å². The Balaban J connectivity index is 1.98. The zero-order valence-electron chi connectivity index (χ0n) is 15.0. The summed E-state index contributed by atoms with van der Waals surface area (Å²) in [5.74, 6) is -1.35. The second kappa shape index (κ2) is 9.13. The highest BCUT2D eigenvalue weighted by molar-refractivity contribution is 6.35. The normalized spacial score (nSPS) is 9.89. The number of hydrogen-bond donors (Lipinski definition) is 3. The van der Waals surface area contributed by atoms with Crippen LogP contribution in [0.15, 0.2) is 34.9 Å². The van der Waals surface area contributed by atoms with E-state index in [2.05, 4.69) is 10.7 Å². The molecule has 0 aliphatic heterocycles. The fraction of sp³-hybridized carbons (Fsp3) is 0.235. The van der Waals surface area contributed by atoms with E-state index in [1.165, 1.54) is 39.7 Å². The van der Waals surface area contributed by atoms with Crippen molar-refractivity contribution in [1.29, 1.82) is 0 Å². The smallest absolute Gasteiger partial charge is 0.327 e. The van der Waals surface area contributed by atoms with Crippen LogP contribution in [0.1, 0.15) is 16.1 Å². The fourth-order valence-corrected chi connectivity index (χ4v) is 2.11. The van der Waals surface area contributed by atoms with E-state index in [0.717, 1.165) is 0 Å². The van der Waals surface area contributed by atoms with Crippen LogP contribution in [0.3, 0.4) is 0 Å². The number of amides is 3. The van der Waals surface area contributed by atoms with Gasteiger partial charge in [0.05, 0.1) is 39.7 Å². The third-order valence-corrected chi connectivity index (χ3v) is 3.45. The summed E-state index contributed by atoms with van der Waals surface area (Å²) in [6.07, 6.45) is 1.44. The van der Waals surface area contributed by atoms with Crippen molar-refractivity contribution in [1.82, 2.24) is 16.2 Å². The first-order valence-corrected chi connectivity index (χ1v) is 7.71. The number of nitrogens with one attached hydrogen (secondary N) is 3. The molecular weight excluding hydrogens is 358 g/mol. The van der Waals surface area contributed by atoms with Crippen molar-refractivity contribution in [2.75, 3.05) is 21.3 Å². The van der Waals surface area contributed by atoms with Gasteiger partial charge in [0.2, 0.25) is 0 Å². The van der Waals surface area contributed by atoms with Crippen molar-refractivity contribution in [2.24, 2.45) is 0 Å². The van der Waals surface area contributed by atoms with Crippen LogP contribution in [0.25, 0.3) is 0 Å². The van der Waals surface area contributed by atoms with Gasteiger partial charge in [-0.3, -0.25) is 25.2 Å². The van der Waals surface area contributed by atoms with E-state index in [0.29, 0.717) is 17.3 Å². The van der Waals surface area contributed by atoms with Gasteiger partial charge in [-0.05, 0) is 12.1 Å². The fourth-order valence-electron chi connectivity index (χ4n) is 2.11. The van der Waals surface area contributed by atoms with Crippen molar-refractivity contribution in [3.8, 4) is 17.2 Å². The highest BCUT2D eigenvalue weighted by atomic mass is 16.5. The molecule has 0 aliphatic carbocycles. The molecule has 27 heavy (non-hydrogen) atoms. The number of hydrazine groups is 1. The number of hydrogen-bond acceptors (Lipinski definition) is 7. The minimum Gasteiger partial charge on any atom is -0.496 e. The second-order valence-electron chi connectivity index (χ2n) is 5.08. The van der Waals surface area contributed by atoms with E-state index < -0.39 is 17.7 Å². The zero-order chi connectivity index (χ0) is 19.8. The van der Waals surface area contributed by atoms with Gasteiger partial charge < -0.3 is 23.9 Å². The lowest BCUT2D eigenvalue weighted by Gasteiger charge is -2.14. The first-order chi connectivity index (χ1) is 13.0. The predicted octanol–water partition coefficient (Wildman–Crippen LogP) is 0.383. The Hall–Kier alpha value is -3.69. The van der Waals surface area contributed by atoms with Gasteiger partial charge in [-0.2, -0.15) is 0 Å². The Labute approximate surface area is 154 Å². The van der Waals surface area contributed by atoms with E-state index in [-0.39, 0.29) is 17.9 Å². The molecule has 2 rings (SSSR count). The van der Waals surface area contributed by atoms with Crippen LogP contribution < -0.4 is 30.4 Å². The molecule has 0 saturated carbocycles. The molecular formula is C17H19N3O7. The summed E-state index contributed by atoms with van der Waals surface area (Å²) < 4.78 is 20.4. The number of benzene rings is 1. The summed E-state index contributed by atoms with van der Waals surface area (Å²) in [6, 6.07) is 6.14. The Bertz CT molecular complexity index is 818. The SMILES string of the molecule is COc1cc(OC)c(C(=O)NNC(=O)C(=O)NCc2ccco2)cc1OC. The summed E-state index contributed by atoms with van der Waals surface area (Å²) in [5.41, 5.74) is 4.23. The summed E-state index contributed by atoms with van der Waals surface area (Å²) in [4.78, 5) is 35.8. The Kier molecular flexibility index (Phi) is 6.64. The average Bonchev–Trinajstić information content (AvgIpc) is 3.22. The van der Waals surface area contributed by atoms with Crippen molar-refractivity contribution < 1.29 is 33.0 Å². The van der Waals surface area contributed by atoms with Gasteiger partial charge in [-0.1, -0.05) is 0 Å². The molecule has 0 unspecified atom stereocenters. The van der Waals surface area contributed by atoms with Crippen LogP contribution in [-0.4, -0.2) is 39.1 Å². The molecule has 3 N–H and O–H groups in total. The van der Waals surface area contributed by atoms with Gasteiger partial charge in [0.1, 0.15) is 11.5 Å². The average molecular weight is 377 g/mol. The summed E-state index contributed by atoms with van der Waals surface area (Å²) in [6.45, 7) is 0.0384. The molecule has 10 nitrogen and oxygen atoms in total. The van der Waals surface area contributed by atoms with E-state index in [1.54, 1.807) is 12.1 Å². The number of carbonyl (C=O) groups excluding carboxylic acids is 3. The first-order valence-electron chi connectivity index (χ1n) is 7.71. The molecule has 0 spiro atoms. The number of methoxy groups -OCH3 is 3. The van der Waals surface area contributed by atoms with Gasteiger partial charge in [-0.25, -0.2) is 0 Å². The molecule has 0 radical (unpaired) electrons. The van der Waals surface area contributed by atoms with Crippen LogP contribution in [0.4, 0.5) is 0 Å². The molecule has 0 bridgehead atoms. The maximum absolute atomic E-state index is 12.3. The summed E-state index contributed by atoms with van der Waals surface area (Å²) >= 11 is 0. The number of carbonyl (C=O) groups is 3. The van der Waals surface area contributed by atoms with E-state index in [9.17, 15) is 14.4 Å². The lowest BCUT2D eigenvalue weighted by Crippen LogP contribution is -2.48. The third kappa shape index (κ3) is 4.91. The van der Waals surface area contributed by atoms with Crippen molar-refractivity contribution in [3.05, 3.63) is 41.9 Å². The number of rotatable bonds is 6.